The summed E-state index contributed by atoms with van der Waals surface area (Å²) in [6, 6.07) is 10.3. The molecule has 0 aliphatic heterocycles. The fourth-order valence-corrected chi connectivity index (χ4v) is 2.52. The number of aromatic nitrogens is 3. The first-order chi connectivity index (χ1) is 10.1. The molecule has 0 saturated heterocycles. The summed E-state index contributed by atoms with van der Waals surface area (Å²) in [5.41, 5.74) is 3.77. The maximum atomic E-state index is 11.3. The van der Waals surface area contributed by atoms with Crippen molar-refractivity contribution >= 4 is 11.0 Å². The predicted octanol–water partition coefficient (Wildman–Crippen LogP) is 2.66. The smallest absolute Gasteiger partial charge is 0.306 e. The van der Waals surface area contributed by atoms with Gasteiger partial charge in [-0.2, -0.15) is 0 Å². The van der Waals surface area contributed by atoms with Crippen molar-refractivity contribution in [2.75, 3.05) is 0 Å². The summed E-state index contributed by atoms with van der Waals surface area (Å²) in [6.45, 7) is 4.23. The van der Waals surface area contributed by atoms with Crippen LogP contribution in [-0.2, 0) is 0 Å². The van der Waals surface area contributed by atoms with E-state index in [1.807, 2.05) is 30.5 Å². The van der Waals surface area contributed by atoms with Crippen LogP contribution in [0.5, 0.6) is 0 Å². The third-order valence-electron chi connectivity index (χ3n) is 3.72. The van der Waals surface area contributed by atoms with Gasteiger partial charge in [0.25, 0.3) is 0 Å². The van der Waals surface area contributed by atoms with E-state index in [0.29, 0.717) is 0 Å². The molecule has 0 aliphatic carbocycles. The van der Waals surface area contributed by atoms with E-state index < -0.39 is 0 Å². The molecule has 1 aromatic carbocycles. The van der Waals surface area contributed by atoms with Gasteiger partial charge in [-0.3, -0.25) is 4.98 Å². The van der Waals surface area contributed by atoms with Gasteiger partial charge in [-0.15, -0.1) is 0 Å². The number of H-pyrrole nitrogens is 2. The first-order valence-electron chi connectivity index (χ1n) is 7.01. The number of aromatic amines is 2. The van der Waals surface area contributed by atoms with E-state index in [-0.39, 0.29) is 17.8 Å². The van der Waals surface area contributed by atoms with Crippen LogP contribution in [0, 0.1) is 0 Å². The molecule has 5 nitrogen and oxygen atoms in total. The van der Waals surface area contributed by atoms with Crippen LogP contribution < -0.4 is 11.0 Å². The van der Waals surface area contributed by atoms with Crippen molar-refractivity contribution in [3.63, 3.8) is 0 Å². The lowest BCUT2D eigenvalue weighted by atomic mass is 10.0. The summed E-state index contributed by atoms with van der Waals surface area (Å²) in [7, 11) is 0. The molecule has 108 valence electrons. The molecule has 0 amide bonds. The highest BCUT2D eigenvalue weighted by Crippen LogP contribution is 2.21. The van der Waals surface area contributed by atoms with Gasteiger partial charge in [-0.25, -0.2) is 4.79 Å². The van der Waals surface area contributed by atoms with Crippen molar-refractivity contribution in [3.05, 3.63) is 64.3 Å². The Hall–Kier alpha value is -2.40. The number of hydrogen-bond acceptors (Lipinski definition) is 3. The average Bonchev–Trinajstić information content (AvgIpc) is 2.87. The van der Waals surface area contributed by atoms with Crippen molar-refractivity contribution in [1.82, 2.24) is 20.3 Å². The first kappa shape index (κ1) is 13.6. The van der Waals surface area contributed by atoms with Gasteiger partial charge in [0.05, 0.1) is 11.0 Å². The monoisotopic (exact) mass is 282 g/mol. The lowest BCUT2D eigenvalue weighted by Gasteiger charge is -2.20. The number of imidazole rings is 1. The highest BCUT2D eigenvalue weighted by molar-refractivity contribution is 5.75. The number of hydrogen-bond donors (Lipinski definition) is 3. The third kappa shape index (κ3) is 2.87. The van der Waals surface area contributed by atoms with Crippen molar-refractivity contribution < 1.29 is 0 Å². The summed E-state index contributed by atoms with van der Waals surface area (Å²) < 4.78 is 0. The highest BCUT2D eigenvalue weighted by atomic mass is 16.1. The zero-order valence-corrected chi connectivity index (χ0v) is 12.1. The minimum atomic E-state index is -0.175. The molecule has 0 saturated carbocycles. The summed E-state index contributed by atoms with van der Waals surface area (Å²) >= 11 is 0. The first-order valence-corrected chi connectivity index (χ1v) is 7.01. The lowest BCUT2D eigenvalue weighted by molar-refractivity contribution is 0.494. The lowest BCUT2D eigenvalue weighted by Crippen LogP contribution is -2.22. The van der Waals surface area contributed by atoms with E-state index in [2.05, 4.69) is 40.2 Å². The van der Waals surface area contributed by atoms with Crippen LogP contribution in [0.4, 0.5) is 0 Å². The number of nitrogens with zero attached hydrogens (tertiary/aromatic N) is 1. The molecule has 0 aliphatic rings. The van der Waals surface area contributed by atoms with Crippen LogP contribution in [0.2, 0.25) is 0 Å². The maximum absolute atomic E-state index is 11.3. The van der Waals surface area contributed by atoms with Crippen LogP contribution in [0.25, 0.3) is 11.0 Å². The Balaban J connectivity index is 1.80. The molecule has 3 rings (SSSR count). The van der Waals surface area contributed by atoms with Gasteiger partial charge in [0.1, 0.15) is 0 Å². The molecule has 2 atom stereocenters. The van der Waals surface area contributed by atoms with Gasteiger partial charge in [0.2, 0.25) is 0 Å². The minimum absolute atomic E-state index is 0.169. The van der Waals surface area contributed by atoms with Gasteiger partial charge in [0.15, 0.2) is 0 Å². The van der Waals surface area contributed by atoms with E-state index in [9.17, 15) is 4.79 Å². The van der Waals surface area contributed by atoms with Crippen LogP contribution in [0.3, 0.4) is 0 Å². The van der Waals surface area contributed by atoms with Gasteiger partial charge in [-0.05, 0) is 43.2 Å². The number of nitrogens with one attached hydrogen (secondary N) is 3. The highest BCUT2D eigenvalue weighted by Gasteiger charge is 2.12. The molecule has 2 heterocycles. The Labute approximate surface area is 122 Å². The van der Waals surface area contributed by atoms with Crippen LogP contribution in [-0.4, -0.2) is 15.0 Å². The zero-order chi connectivity index (χ0) is 14.8. The number of fused-ring (bicyclic) bond motifs is 1. The molecule has 21 heavy (non-hydrogen) atoms. The number of benzene rings is 1. The topological polar surface area (TPSA) is 73.6 Å². The molecule has 0 spiro atoms. The fraction of sp³-hybridized carbons (Fsp3) is 0.250. The predicted molar refractivity (Wildman–Crippen MR) is 83.1 cm³/mol. The molecule has 0 fully saturated rings. The summed E-state index contributed by atoms with van der Waals surface area (Å²) in [6.07, 6.45) is 3.65. The molecule has 0 radical (unpaired) electrons. The minimum Gasteiger partial charge on any atom is -0.306 e. The second kappa shape index (κ2) is 5.54. The van der Waals surface area contributed by atoms with Crippen molar-refractivity contribution in [2.45, 2.75) is 25.9 Å². The average molecular weight is 282 g/mol. The fourth-order valence-electron chi connectivity index (χ4n) is 2.52. The number of pyridine rings is 1. The molecular formula is C16H18N4O. The van der Waals surface area contributed by atoms with Crippen LogP contribution >= 0.6 is 0 Å². The van der Waals surface area contributed by atoms with Gasteiger partial charge >= 0.3 is 5.69 Å². The second-order valence-corrected chi connectivity index (χ2v) is 5.28. The van der Waals surface area contributed by atoms with Gasteiger partial charge in [0, 0.05) is 24.5 Å². The van der Waals surface area contributed by atoms with E-state index in [1.165, 1.54) is 0 Å². The number of rotatable bonds is 4. The Morgan fingerprint density at radius 3 is 2.57 bits per heavy atom. The maximum Gasteiger partial charge on any atom is 0.323 e. The molecule has 2 unspecified atom stereocenters. The van der Waals surface area contributed by atoms with E-state index >= 15 is 0 Å². The Morgan fingerprint density at radius 1 is 1.05 bits per heavy atom. The standard InChI is InChI=1S/C16H18N4O/c1-10(18-11(2)13-4-3-7-17-9-13)12-5-6-14-15(8-12)20-16(21)19-14/h3-11,18H,1-2H3,(H2,19,20,21). The zero-order valence-electron chi connectivity index (χ0n) is 12.1. The molecule has 0 bridgehead atoms. The Kier molecular flexibility index (Phi) is 3.58. The molecule has 2 aromatic heterocycles. The van der Waals surface area contributed by atoms with Gasteiger partial charge in [-0.1, -0.05) is 12.1 Å². The quantitative estimate of drug-likeness (QED) is 0.688. The summed E-state index contributed by atoms with van der Waals surface area (Å²) in [5, 5.41) is 3.54. The molecular weight excluding hydrogens is 264 g/mol. The van der Waals surface area contributed by atoms with E-state index in [0.717, 1.165) is 22.2 Å². The van der Waals surface area contributed by atoms with E-state index in [4.69, 9.17) is 0 Å². The Bertz CT molecular complexity index is 791. The third-order valence-corrected chi connectivity index (χ3v) is 3.72. The molecule has 3 N–H and O–H groups in total. The van der Waals surface area contributed by atoms with Crippen LogP contribution in [0.1, 0.15) is 37.1 Å². The SMILES string of the molecule is CC(NC(C)c1ccc2[nH]c(=O)[nH]c2c1)c1cccnc1. The summed E-state index contributed by atoms with van der Waals surface area (Å²) in [4.78, 5) is 21.0. The largest absolute Gasteiger partial charge is 0.323 e. The van der Waals surface area contributed by atoms with Crippen LogP contribution in [0.15, 0.2) is 47.5 Å². The molecule has 5 heteroatoms. The van der Waals surface area contributed by atoms with Crippen molar-refractivity contribution in [3.8, 4) is 0 Å². The Morgan fingerprint density at radius 2 is 1.81 bits per heavy atom. The van der Waals surface area contributed by atoms with Gasteiger partial charge < -0.3 is 15.3 Å². The van der Waals surface area contributed by atoms with E-state index in [1.54, 1.807) is 6.20 Å². The van der Waals surface area contributed by atoms with Crippen molar-refractivity contribution in [2.24, 2.45) is 0 Å². The van der Waals surface area contributed by atoms with Crippen molar-refractivity contribution in [1.29, 1.82) is 0 Å². The normalized spacial score (nSPS) is 14.2. The summed E-state index contributed by atoms with van der Waals surface area (Å²) in [5.74, 6) is 0. The second-order valence-electron chi connectivity index (χ2n) is 5.28. The molecule has 3 aromatic rings.